The van der Waals surface area contributed by atoms with E-state index >= 15 is 0 Å². The zero-order valence-corrected chi connectivity index (χ0v) is 8.33. The highest BCUT2D eigenvalue weighted by Gasteiger charge is 2.26. The Hall–Kier alpha value is -1.58. The second kappa shape index (κ2) is 3.29. The molecule has 0 amide bonds. The van der Waals surface area contributed by atoms with Crippen molar-refractivity contribution in [1.82, 2.24) is 0 Å². The molecule has 1 aromatic rings. The van der Waals surface area contributed by atoms with Gasteiger partial charge in [0, 0.05) is 5.41 Å². The maximum atomic E-state index is 11.6. The number of hydrogen-bond acceptors (Lipinski definition) is 3. The molecule has 4 nitrogen and oxygen atoms in total. The second-order valence-electron chi connectivity index (χ2n) is 4.05. The van der Waals surface area contributed by atoms with Crippen molar-refractivity contribution in [2.24, 2.45) is 5.41 Å². The Bertz CT molecular complexity index is 368. The first kappa shape index (κ1) is 10.5. The molecule has 1 N–H and O–H groups in total. The number of carbonyl (C=O) groups excluding carboxylic acids is 1. The van der Waals surface area contributed by atoms with Crippen LogP contribution in [-0.2, 0) is 0 Å². The van der Waals surface area contributed by atoms with E-state index in [2.05, 4.69) is 0 Å². The van der Waals surface area contributed by atoms with Gasteiger partial charge in [0.2, 0.25) is 11.5 Å². The number of furan rings is 1. The average molecular weight is 196 g/mol. The molecule has 0 aliphatic rings. The van der Waals surface area contributed by atoms with Gasteiger partial charge in [-0.2, -0.15) is 0 Å². The lowest BCUT2D eigenvalue weighted by Gasteiger charge is -2.13. The second-order valence-corrected chi connectivity index (χ2v) is 4.05. The molecule has 0 aliphatic carbocycles. The summed E-state index contributed by atoms with van der Waals surface area (Å²) in [4.78, 5) is 22.1. The summed E-state index contributed by atoms with van der Waals surface area (Å²) >= 11 is 0. The predicted octanol–water partition coefficient (Wildman–Crippen LogP) is 2.21. The van der Waals surface area contributed by atoms with E-state index in [4.69, 9.17) is 9.52 Å². The zero-order chi connectivity index (χ0) is 10.9. The summed E-state index contributed by atoms with van der Waals surface area (Å²) in [7, 11) is 0. The number of hydrogen-bond donors (Lipinski definition) is 1. The average Bonchev–Trinajstić information content (AvgIpc) is 2.48. The van der Waals surface area contributed by atoms with Crippen molar-refractivity contribution in [1.29, 1.82) is 0 Å². The van der Waals surface area contributed by atoms with Gasteiger partial charge in [-0.25, -0.2) is 4.79 Å². The molecule has 0 radical (unpaired) electrons. The fraction of sp³-hybridized carbons (Fsp3) is 0.400. The van der Waals surface area contributed by atoms with Crippen molar-refractivity contribution in [3.05, 3.63) is 23.7 Å². The molecule has 4 heteroatoms. The number of aromatic carboxylic acids is 1. The summed E-state index contributed by atoms with van der Waals surface area (Å²) in [6, 6.07) is 2.67. The number of ketones is 1. The van der Waals surface area contributed by atoms with Crippen LogP contribution in [0.25, 0.3) is 0 Å². The van der Waals surface area contributed by atoms with Crippen molar-refractivity contribution in [3.63, 3.8) is 0 Å². The molecular weight excluding hydrogens is 184 g/mol. The van der Waals surface area contributed by atoms with E-state index in [0.29, 0.717) is 0 Å². The smallest absolute Gasteiger partial charge is 0.371 e. The molecule has 0 saturated heterocycles. The molecule has 1 rings (SSSR count). The van der Waals surface area contributed by atoms with Gasteiger partial charge in [0.15, 0.2) is 5.76 Å². The minimum Gasteiger partial charge on any atom is -0.475 e. The molecule has 0 aliphatic heterocycles. The van der Waals surface area contributed by atoms with Crippen LogP contribution >= 0.6 is 0 Å². The molecule has 0 atom stereocenters. The third-order valence-corrected chi connectivity index (χ3v) is 1.72. The molecule has 0 bridgehead atoms. The van der Waals surface area contributed by atoms with Crippen molar-refractivity contribution in [2.45, 2.75) is 20.8 Å². The first-order valence-corrected chi connectivity index (χ1v) is 4.20. The molecule has 1 heterocycles. The number of rotatable bonds is 2. The molecule has 0 unspecified atom stereocenters. The van der Waals surface area contributed by atoms with Crippen LogP contribution in [0.4, 0.5) is 0 Å². The Kier molecular flexibility index (Phi) is 2.47. The van der Waals surface area contributed by atoms with Crippen molar-refractivity contribution in [3.8, 4) is 0 Å². The minimum atomic E-state index is -1.17. The van der Waals surface area contributed by atoms with Gasteiger partial charge in [-0.15, -0.1) is 0 Å². The fourth-order valence-electron chi connectivity index (χ4n) is 0.944. The number of carboxylic acids is 1. The van der Waals surface area contributed by atoms with E-state index in [-0.39, 0.29) is 17.3 Å². The summed E-state index contributed by atoms with van der Waals surface area (Å²) in [5.74, 6) is -1.49. The van der Waals surface area contributed by atoms with Crippen LogP contribution in [0.1, 0.15) is 41.9 Å². The van der Waals surface area contributed by atoms with E-state index in [9.17, 15) is 9.59 Å². The van der Waals surface area contributed by atoms with E-state index in [1.165, 1.54) is 12.1 Å². The molecule has 0 spiro atoms. The predicted molar refractivity (Wildman–Crippen MR) is 49.5 cm³/mol. The van der Waals surface area contributed by atoms with Crippen LogP contribution in [0.15, 0.2) is 16.5 Å². The third kappa shape index (κ3) is 2.02. The lowest BCUT2D eigenvalue weighted by atomic mass is 9.89. The molecule has 14 heavy (non-hydrogen) atoms. The van der Waals surface area contributed by atoms with E-state index < -0.39 is 11.4 Å². The number of carbonyl (C=O) groups is 2. The SMILES string of the molecule is CC(C)(C)C(=O)c1ccc(C(=O)O)o1. The maximum absolute atomic E-state index is 11.6. The molecule has 1 aromatic heterocycles. The highest BCUT2D eigenvalue weighted by Crippen LogP contribution is 2.22. The standard InChI is InChI=1S/C10H12O4/c1-10(2,3)8(11)6-4-5-7(14-6)9(12)13/h4-5H,1-3H3,(H,12,13). The molecular formula is C10H12O4. The van der Waals surface area contributed by atoms with E-state index in [1.807, 2.05) is 0 Å². The van der Waals surface area contributed by atoms with Gasteiger partial charge in [-0.05, 0) is 12.1 Å². The van der Waals surface area contributed by atoms with E-state index in [0.717, 1.165) is 0 Å². The fourth-order valence-corrected chi connectivity index (χ4v) is 0.944. The van der Waals surface area contributed by atoms with Gasteiger partial charge >= 0.3 is 5.97 Å². The Balaban J connectivity index is 2.99. The highest BCUT2D eigenvalue weighted by molar-refractivity contribution is 5.98. The summed E-state index contributed by atoms with van der Waals surface area (Å²) in [6.45, 7) is 5.24. The highest BCUT2D eigenvalue weighted by atomic mass is 16.4. The monoisotopic (exact) mass is 196 g/mol. The van der Waals surface area contributed by atoms with Crippen LogP contribution in [-0.4, -0.2) is 16.9 Å². The Morgan fingerprint density at radius 1 is 1.21 bits per heavy atom. The van der Waals surface area contributed by atoms with E-state index in [1.54, 1.807) is 20.8 Å². The Morgan fingerprint density at radius 3 is 2.07 bits per heavy atom. The molecule has 76 valence electrons. The normalized spacial score (nSPS) is 11.4. The number of carboxylic acid groups (broad SMARTS) is 1. The molecule has 0 aromatic carbocycles. The van der Waals surface area contributed by atoms with Gasteiger partial charge in [-0.3, -0.25) is 4.79 Å². The molecule has 0 fully saturated rings. The summed E-state index contributed by atoms with van der Waals surface area (Å²) in [5, 5.41) is 8.58. The summed E-state index contributed by atoms with van der Waals surface area (Å²) in [5.41, 5.74) is -0.562. The lowest BCUT2D eigenvalue weighted by molar-refractivity contribution is 0.0657. The first-order chi connectivity index (χ1) is 6.32. The maximum Gasteiger partial charge on any atom is 0.371 e. The van der Waals surface area contributed by atoms with Crippen LogP contribution in [0.5, 0.6) is 0 Å². The van der Waals surface area contributed by atoms with Gasteiger partial charge in [-0.1, -0.05) is 20.8 Å². The van der Waals surface area contributed by atoms with Gasteiger partial charge < -0.3 is 9.52 Å². The topological polar surface area (TPSA) is 67.5 Å². The minimum absolute atomic E-state index is 0.0925. The van der Waals surface area contributed by atoms with Crippen molar-refractivity contribution >= 4 is 11.8 Å². The van der Waals surface area contributed by atoms with Crippen LogP contribution in [0.2, 0.25) is 0 Å². The van der Waals surface area contributed by atoms with Gasteiger partial charge in [0.05, 0.1) is 0 Å². The third-order valence-electron chi connectivity index (χ3n) is 1.72. The Morgan fingerprint density at radius 2 is 1.71 bits per heavy atom. The van der Waals surface area contributed by atoms with Crippen molar-refractivity contribution < 1.29 is 19.1 Å². The van der Waals surface area contributed by atoms with Crippen LogP contribution in [0, 0.1) is 5.41 Å². The summed E-state index contributed by atoms with van der Waals surface area (Å²) in [6.07, 6.45) is 0. The Labute approximate surface area is 81.5 Å². The number of Topliss-reactive ketones (excluding diaryl/α,β-unsaturated/α-hetero) is 1. The molecule has 0 saturated carbocycles. The first-order valence-electron chi connectivity index (χ1n) is 4.20. The zero-order valence-electron chi connectivity index (χ0n) is 8.33. The van der Waals surface area contributed by atoms with Crippen LogP contribution < -0.4 is 0 Å². The van der Waals surface area contributed by atoms with Gasteiger partial charge in [0.25, 0.3) is 0 Å². The van der Waals surface area contributed by atoms with Crippen molar-refractivity contribution in [2.75, 3.05) is 0 Å². The largest absolute Gasteiger partial charge is 0.475 e. The summed E-state index contributed by atoms with van der Waals surface area (Å²) < 4.78 is 4.88. The lowest BCUT2D eigenvalue weighted by Crippen LogP contribution is -2.19. The quantitative estimate of drug-likeness (QED) is 0.736. The van der Waals surface area contributed by atoms with Gasteiger partial charge in [0.1, 0.15) is 0 Å². The van der Waals surface area contributed by atoms with Crippen LogP contribution in [0.3, 0.4) is 0 Å².